The second-order valence-corrected chi connectivity index (χ2v) is 10.6. The van der Waals surface area contributed by atoms with E-state index in [4.69, 9.17) is 0 Å². The number of nitrogens with zero attached hydrogens (tertiary/aromatic N) is 2. The van der Waals surface area contributed by atoms with E-state index in [1.807, 2.05) is 48.3 Å². The summed E-state index contributed by atoms with van der Waals surface area (Å²) in [6.07, 6.45) is 6.66. The van der Waals surface area contributed by atoms with Gasteiger partial charge < -0.3 is 25.4 Å². The van der Waals surface area contributed by atoms with E-state index in [1.165, 1.54) is 17.5 Å². The van der Waals surface area contributed by atoms with Gasteiger partial charge in [-0.25, -0.2) is 4.79 Å². The van der Waals surface area contributed by atoms with Gasteiger partial charge in [-0.2, -0.15) is 0 Å². The van der Waals surface area contributed by atoms with Crippen molar-refractivity contribution < 1.29 is 9.59 Å². The predicted octanol–water partition coefficient (Wildman–Crippen LogP) is 3.87. The molecule has 2 aromatic carbocycles. The van der Waals surface area contributed by atoms with Crippen molar-refractivity contribution in [2.24, 2.45) is 0 Å². The van der Waals surface area contributed by atoms with Gasteiger partial charge in [-0.15, -0.1) is 12.4 Å². The normalized spacial score (nSPS) is 16.9. The zero-order valence-corrected chi connectivity index (χ0v) is 22.6. The van der Waals surface area contributed by atoms with E-state index in [2.05, 4.69) is 45.9 Å². The summed E-state index contributed by atoms with van der Waals surface area (Å²) in [7, 11) is 3.93. The molecule has 1 spiro atoms. The fraction of sp³-hybridized carbons (Fsp3) is 0.448. The summed E-state index contributed by atoms with van der Waals surface area (Å²) in [5.41, 5.74) is 5.21. The third-order valence-corrected chi connectivity index (χ3v) is 8.04. The Balaban J connectivity index is 0.00000320. The number of H-pyrrole nitrogens is 1. The van der Waals surface area contributed by atoms with Crippen molar-refractivity contribution in [2.75, 3.05) is 40.3 Å². The van der Waals surface area contributed by atoms with E-state index < -0.39 is 6.04 Å². The molecule has 3 amide bonds. The fourth-order valence-corrected chi connectivity index (χ4v) is 5.98. The molecule has 1 aromatic heterocycles. The fourth-order valence-electron chi connectivity index (χ4n) is 5.98. The molecule has 37 heavy (non-hydrogen) atoms. The maximum absolute atomic E-state index is 13.8. The molecule has 8 heteroatoms. The number of aromatic amines is 1. The molecular formula is C29H38ClN5O2. The third-order valence-electron chi connectivity index (χ3n) is 8.04. The lowest BCUT2D eigenvalue weighted by molar-refractivity contribution is -0.134. The Kier molecular flexibility index (Phi) is 8.45. The number of hydrogen-bond acceptors (Lipinski definition) is 3. The standard InChI is InChI=1S/C29H37N5O2.ClH/c1-33(2)18-15-30-28(36)32-26(19-22-20-31-25-10-6-4-8-23(22)25)27(35)34-16-13-29(14-17-34)12-11-21-7-3-5-9-24(21)29;/h3-10,20,26,31H,11-19H2,1-2H3,(H2,30,32,36);1H/t26-;/m1./s1. The molecule has 1 atom stereocenters. The molecule has 1 aliphatic heterocycles. The van der Waals surface area contributed by atoms with Gasteiger partial charge in [0.2, 0.25) is 5.91 Å². The number of likely N-dealkylation sites (tertiary alicyclic amines) is 1. The largest absolute Gasteiger partial charge is 0.361 e. The zero-order chi connectivity index (χ0) is 25.1. The van der Waals surface area contributed by atoms with Gasteiger partial charge in [-0.3, -0.25) is 4.79 Å². The van der Waals surface area contributed by atoms with Crippen molar-refractivity contribution in [1.29, 1.82) is 0 Å². The van der Waals surface area contributed by atoms with E-state index in [9.17, 15) is 9.59 Å². The van der Waals surface area contributed by atoms with Gasteiger partial charge in [0.15, 0.2) is 0 Å². The highest BCUT2D eigenvalue weighted by molar-refractivity contribution is 5.89. The number of likely N-dealkylation sites (N-methyl/N-ethyl adjacent to an activating group) is 1. The van der Waals surface area contributed by atoms with Crippen LogP contribution in [0.2, 0.25) is 0 Å². The topological polar surface area (TPSA) is 80.5 Å². The number of amides is 3. The summed E-state index contributed by atoms with van der Waals surface area (Å²) in [6, 6.07) is 16.0. The van der Waals surface area contributed by atoms with Crippen molar-refractivity contribution in [3.05, 3.63) is 71.4 Å². The molecule has 0 saturated carbocycles. The molecule has 1 aliphatic carbocycles. The number of para-hydroxylation sites is 1. The van der Waals surface area contributed by atoms with Gasteiger partial charge in [0.25, 0.3) is 0 Å². The average molecular weight is 524 g/mol. The summed E-state index contributed by atoms with van der Waals surface area (Å²) in [6.45, 7) is 2.71. The molecule has 198 valence electrons. The number of carbonyl (C=O) groups excluding carboxylic acids is 2. The summed E-state index contributed by atoms with van der Waals surface area (Å²) in [5, 5.41) is 6.98. The summed E-state index contributed by atoms with van der Waals surface area (Å²) in [4.78, 5) is 33.8. The van der Waals surface area contributed by atoms with E-state index in [0.29, 0.717) is 13.0 Å². The van der Waals surface area contributed by atoms with Crippen LogP contribution in [0.3, 0.4) is 0 Å². The molecule has 3 N–H and O–H groups in total. The second kappa shape index (κ2) is 11.6. The lowest BCUT2D eigenvalue weighted by Gasteiger charge is -2.41. The molecule has 0 bridgehead atoms. The van der Waals surface area contributed by atoms with Crippen LogP contribution >= 0.6 is 12.4 Å². The number of carbonyl (C=O) groups is 2. The van der Waals surface area contributed by atoms with Gasteiger partial charge >= 0.3 is 6.03 Å². The lowest BCUT2D eigenvalue weighted by atomic mass is 9.74. The van der Waals surface area contributed by atoms with Gasteiger partial charge in [-0.1, -0.05) is 42.5 Å². The second-order valence-electron chi connectivity index (χ2n) is 10.6. The van der Waals surface area contributed by atoms with Crippen LogP contribution in [-0.2, 0) is 23.1 Å². The highest BCUT2D eigenvalue weighted by Crippen LogP contribution is 2.46. The van der Waals surface area contributed by atoms with Crippen LogP contribution < -0.4 is 10.6 Å². The highest BCUT2D eigenvalue weighted by atomic mass is 35.5. The Morgan fingerprint density at radius 3 is 2.57 bits per heavy atom. The van der Waals surface area contributed by atoms with Crippen molar-refractivity contribution in [3.63, 3.8) is 0 Å². The molecule has 2 heterocycles. The van der Waals surface area contributed by atoms with Crippen molar-refractivity contribution >= 4 is 35.2 Å². The summed E-state index contributed by atoms with van der Waals surface area (Å²) in [5.74, 6) is 0.00386. The Labute approximate surface area is 225 Å². The van der Waals surface area contributed by atoms with Crippen LogP contribution in [0.5, 0.6) is 0 Å². The maximum Gasteiger partial charge on any atom is 0.315 e. The summed E-state index contributed by atoms with van der Waals surface area (Å²) < 4.78 is 0. The molecule has 7 nitrogen and oxygen atoms in total. The number of aryl methyl sites for hydroxylation is 1. The monoisotopic (exact) mass is 523 g/mol. The van der Waals surface area contributed by atoms with Gasteiger partial charge in [0.1, 0.15) is 6.04 Å². The molecule has 3 aromatic rings. The van der Waals surface area contributed by atoms with Crippen LogP contribution in [-0.4, -0.2) is 73.0 Å². The minimum Gasteiger partial charge on any atom is -0.361 e. The Bertz CT molecular complexity index is 1230. The van der Waals surface area contributed by atoms with Crippen LogP contribution in [0.15, 0.2) is 54.7 Å². The third kappa shape index (κ3) is 5.78. The van der Waals surface area contributed by atoms with E-state index >= 15 is 0 Å². The molecule has 0 unspecified atom stereocenters. The average Bonchev–Trinajstić information content (AvgIpc) is 3.45. The highest BCUT2D eigenvalue weighted by Gasteiger charge is 2.42. The van der Waals surface area contributed by atoms with Crippen molar-refractivity contribution in [3.8, 4) is 0 Å². The molecule has 1 fully saturated rings. The van der Waals surface area contributed by atoms with Crippen LogP contribution in [0, 0.1) is 0 Å². The summed E-state index contributed by atoms with van der Waals surface area (Å²) >= 11 is 0. The molecule has 0 radical (unpaired) electrons. The number of rotatable bonds is 7. The van der Waals surface area contributed by atoms with Crippen LogP contribution in [0.25, 0.3) is 10.9 Å². The number of hydrogen-bond donors (Lipinski definition) is 3. The number of fused-ring (bicyclic) bond motifs is 3. The Hall–Kier alpha value is -3.03. The molecule has 2 aliphatic rings. The van der Waals surface area contributed by atoms with E-state index in [1.54, 1.807) is 0 Å². The number of piperidine rings is 1. The van der Waals surface area contributed by atoms with Gasteiger partial charge in [-0.05, 0) is 68.0 Å². The number of halogens is 1. The van der Waals surface area contributed by atoms with Crippen molar-refractivity contribution in [2.45, 2.75) is 43.6 Å². The number of aromatic nitrogens is 1. The maximum atomic E-state index is 13.8. The number of urea groups is 1. The smallest absolute Gasteiger partial charge is 0.315 e. The minimum atomic E-state index is -0.617. The quantitative estimate of drug-likeness (QED) is 0.440. The molecule has 5 rings (SSSR count). The number of nitrogens with one attached hydrogen (secondary N) is 3. The van der Waals surface area contributed by atoms with Crippen LogP contribution in [0.4, 0.5) is 4.79 Å². The number of benzene rings is 2. The van der Waals surface area contributed by atoms with Crippen molar-refractivity contribution in [1.82, 2.24) is 25.4 Å². The zero-order valence-electron chi connectivity index (χ0n) is 21.8. The predicted molar refractivity (Wildman–Crippen MR) is 150 cm³/mol. The molecular weight excluding hydrogens is 486 g/mol. The van der Waals surface area contributed by atoms with Gasteiger partial charge in [0.05, 0.1) is 0 Å². The SMILES string of the molecule is CN(C)CCNC(=O)N[C@H](Cc1c[nH]c2ccccc12)C(=O)N1CCC2(CCc3ccccc32)CC1.Cl. The first-order chi connectivity index (χ1) is 17.4. The van der Waals surface area contributed by atoms with E-state index in [-0.39, 0.29) is 29.8 Å². The lowest BCUT2D eigenvalue weighted by Crippen LogP contribution is -2.55. The van der Waals surface area contributed by atoms with Crippen LogP contribution in [0.1, 0.15) is 36.0 Å². The molecule has 1 saturated heterocycles. The first-order valence-corrected chi connectivity index (χ1v) is 13.1. The first-order valence-electron chi connectivity index (χ1n) is 13.1. The first kappa shape index (κ1) is 27.0. The Morgan fingerprint density at radius 2 is 1.78 bits per heavy atom. The minimum absolute atomic E-state index is 0. The Morgan fingerprint density at radius 1 is 1.05 bits per heavy atom. The van der Waals surface area contributed by atoms with E-state index in [0.717, 1.165) is 55.4 Å². The van der Waals surface area contributed by atoms with Gasteiger partial charge in [0, 0.05) is 49.7 Å².